The van der Waals surface area contributed by atoms with Crippen LogP contribution in [0.4, 0.5) is 5.69 Å². The number of nitrogens with one attached hydrogen (secondary N) is 1. The Morgan fingerprint density at radius 3 is 2.93 bits per heavy atom. The Labute approximate surface area is 90.9 Å². The minimum atomic E-state index is -0.0120. The summed E-state index contributed by atoms with van der Waals surface area (Å²) in [7, 11) is 0. The van der Waals surface area contributed by atoms with Crippen LogP contribution in [0.3, 0.4) is 0 Å². The van der Waals surface area contributed by atoms with Crippen molar-refractivity contribution in [3.05, 3.63) is 28.2 Å². The van der Waals surface area contributed by atoms with Crippen molar-refractivity contribution in [3.63, 3.8) is 0 Å². The van der Waals surface area contributed by atoms with Crippen LogP contribution in [0.1, 0.15) is 12.5 Å². The Bertz CT molecular complexity index is 352. The zero-order valence-corrected chi connectivity index (χ0v) is 9.37. The van der Waals surface area contributed by atoms with Crippen LogP contribution in [0.25, 0.3) is 0 Å². The summed E-state index contributed by atoms with van der Waals surface area (Å²) in [6.45, 7) is 2.03. The molecule has 76 valence electrons. The van der Waals surface area contributed by atoms with Gasteiger partial charge < -0.3 is 5.73 Å². The van der Waals surface area contributed by atoms with Crippen LogP contribution in [0, 0.1) is 0 Å². The van der Waals surface area contributed by atoms with Crippen LogP contribution in [-0.4, -0.2) is 11.2 Å². The van der Waals surface area contributed by atoms with Gasteiger partial charge in [-0.3, -0.25) is 5.21 Å². The fraction of sp³-hybridized carbons (Fsp3) is 0.222. The first-order chi connectivity index (χ1) is 6.67. The van der Waals surface area contributed by atoms with Crippen LogP contribution < -0.4 is 11.2 Å². The molecule has 1 aromatic carbocycles. The molecule has 0 atom stereocenters. The summed E-state index contributed by atoms with van der Waals surface area (Å²) in [5, 5.41) is 8.50. The van der Waals surface area contributed by atoms with E-state index in [2.05, 4.69) is 20.9 Å². The second-order valence-electron chi connectivity index (χ2n) is 2.74. The molecule has 0 aliphatic rings. The van der Waals surface area contributed by atoms with E-state index in [1.165, 1.54) is 0 Å². The first kappa shape index (κ1) is 11.0. The van der Waals surface area contributed by atoms with Crippen LogP contribution in [0.2, 0.25) is 0 Å². The van der Waals surface area contributed by atoms with Gasteiger partial charge in [-0.2, -0.15) is 0 Å². The summed E-state index contributed by atoms with van der Waals surface area (Å²) in [5.41, 5.74) is 8.97. The number of benzene rings is 1. The normalized spacial score (nSPS) is 11.5. The number of halogens is 1. The first-order valence-electron chi connectivity index (χ1n) is 4.20. The number of hydroxylamine groups is 1. The second-order valence-corrected chi connectivity index (χ2v) is 3.65. The Morgan fingerprint density at radius 2 is 2.36 bits per heavy atom. The van der Waals surface area contributed by atoms with Crippen molar-refractivity contribution in [3.8, 4) is 0 Å². The van der Waals surface area contributed by atoms with Gasteiger partial charge in [-0.05, 0) is 30.2 Å². The molecule has 0 fully saturated rings. The Balaban J connectivity index is 3.08. The molecule has 0 aliphatic heterocycles. The number of aliphatic imine (C=N–C) groups is 1. The molecule has 14 heavy (non-hydrogen) atoms. The lowest BCUT2D eigenvalue weighted by Crippen LogP contribution is -2.27. The number of nitrogens with zero attached hydrogens (tertiary/aromatic N) is 1. The highest BCUT2D eigenvalue weighted by Crippen LogP contribution is 2.23. The molecule has 4 nitrogen and oxygen atoms in total. The van der Waals surface area contributed by atoms with Gasteiger partial charge in [0, 0.05) is 4.47 Å². The van der Waals surface area contributed by atoms with Gasteiger partial charge in [0.15, 0.2) is 0 Å². The first-order valence-corrected chi connectivity index (χ1v) is 4.99. The highest BCUT2D eigenvalue weighted by atomic mass is 79.9. The third-order valence-electron chi connectivity index (χ3n) is 1.78. The average Bonchev–Trinajstić information content (AvgIpc) is 2.20. The Kier molecular flexibility index (Phi) is 3.91. The number of aryl methyl sites for hydroxylation is 1. The lowest BCUT2D eigenvalue weighted by molar-refractivity contribution is 0.233. The van der Waals surface area contributed by atoms with Crippen molar-refractivity contribution < 1.29 is 5.21 Å². The van der Waals surface area contributed by atoms with E-state index in [0.29, 0.717) is 0 Å². The summed E-state index contributed by atoms with van der Waals surface area (Å²) in [6.07, 6.45) is 0.858. The van der Waals surface area contributed by atoms with Crippen LogP contribution in [0.5, 0.6) is 0 Å². The molecule has 0 spiro atoms. The highest BCUT2D eigenvalue weighted by Gasteiger charge is 2.00. The third-order valence-corrected chi connectivity index (χ3v) is 2.27. The average molecular weight is 258 g/mol. The van der Waals surface area contributed by atoms with E-state index in [-0.39, 0.29) is 5.96 Å². The van der Waals surface area contributed by atoms with Gasteiger partial charge in [-0.25, -0.2) is 10.5 Å². The molecule has 0 amide bonds. The van der Waals surface area contributed by atoms with E-state index in [4.69, 9.17) is 10.9 Å². The number of rotatable bonds is 2. The maximum atomic E-state index is 8.50. The van der Waals surface area contributed by atoms with E-state index in [1.54, 1.807) is 5.48 Å². The highest BCUT2D eigenvalue weighted by molar-refractivity contribution is 9.10. The molecule has 0 bridgehead atoms. The lowest BCUT2D eigenvalue weighted by Gasteiger charge is -2.04. The summed E-state index contributed by atoms with van der Waals surface area (Å²) in [6, 6.07) is 5.69. The molecule has 0 saturated heterocycles. The smallest absolute Gasteiger partial charge is 0.218 e. The summed E-state index contributed by atoms with van der Waals surface area (Å²) in [4.78, 5) is 4.00. The fourth-order valence-electron chi connectivity index (χ4n) is 1.10. The second kappa shape index (κ2) is 4.97. The van der Waals surface area contributed by atoms with E-state index in [1.807, 2.05) is 25.1 Å². The van der Waals surface area contributed by atoms with Gasteiger partial charge in [-0.1, -0.05) is 22.9 Å². The number of hydrogen-bond acceptors (Lipinski definition) is 2. The minimum Gasteiger partial charge on any atom is -0.368 e. The topological polar surface area (TPSA) is 70.6 Å². The lowest BCUT2D eigenvalue weighted by atomic mass is 10.1. The van der Waals surface area contributed by atoms with Crippen molar-refractivity contribution in [1.29, 1.82) is 0 Å². The van der Waals surface area contributed by atoms with E-state index < -0.39 is 0 Å². The van der Waals surface area contributed by atoms with Crippen LogP contribution >= 0.6 is 15.9 Å². The van der Waals surface area contributed by atoms with Gasteiger partial charge in [0.2, 0.25) is 5.96 Å². The monoisotopic (exact) mass is 257 g/mol. The van der Waals surface area contributed by atoms with Crippen molar-refractivity contribution in [1.82, 2.24) is 5.48 Å². The van der Waals surface area contributed by atoms with E-state index in [0.717, 1.165) is 22.1 Å². The number of guanidine groups is 1. The molecule has 1 rings (SSSR count). The standard InChI is InChI=1S/C9H12BrN3O/c1-2-6-5-7(10)3-4-8(6)12-9(11)13-14/h3-5,14H,2H2,1H3,(H3,11,12,13). The summed E-state index contributed by atoms with van der Waals surface area (Å²) in [5.74, 6) is -0.0120. The molecule has 0 radical (unpaired) electrons. The molecule has 5 heteroatoms. The Morgan fingerprint density at radius 1 is 1.64 bits per heavy atom. The predicted octanol–water partition coefficient (Wildman–Crippen LogP) is 1.94. The number of hydrogen-bond donors (Lipinski definition) is 3. The van der Waals surface area contributed by atoms with Gasteiger partial charge in [0.1, 0.15) is 0 Å². The third kappa shape index (κ3) is 2.71. The van der Waals surface area contributed by atoms with E-state index in [9.17, 15) is 0 Å². The summed E-state index contributed by atoms with van der Waals surface area (Å²) < 4.78 is 1.00. The van der Waals surface area contributed by atoms with Gasteiger partial charge >= 0.3 is 0 Å². The SMILES string of the molecule is CCc1cc(Br)ccc1N=C(N)NO. The van der Waals surface area contributed by atoms with Crippen LogP contribution in [0.15, 0.2) is 27.7 Å². The predicted molar refractivity (Wildman–Crippen MR) is 59.7 cm³/mol. The molecule has 0 unspecified atom stereocenters. The Hall–Kier alpha value is -1.07. The van der Waals surface area contributed by atoms with Crippen molar-refractivity contribution in [2.24, 2.45) is 10.7 Å². The largest absolute Gasteiger partial charge is 0.368 e. The fourth-order valence-corrected chi connectivity index (χ4v) is 1.51. The molecule has 1 aromatic rings. The van der Waals surface area contributed by atoms with Gasteiger partial charge in [0.05, 0.1) is 5.69 Å². The zero-order valence-electron chi connectivity index (χ0n) is 7.79. The van der Waals surface area contributed by atoms with Gasteiger partial charge in [0.25, 0.3) is 0 Å². The van der Waals surface area contributed by atoms with Crippen molar-refractivity contribution in [2.45, 2.75) is 13.3 Å². The molecule has 0 saturated carbocycles. The molecule has 0 aromatic heterocycles. The quantitative estimate of drug-likeness (QED) is 0.431. The van der Waals surface area contributed by atoms with Gasteiger partial charge in [-0.15, -0.1) is 0 Å². The molecule has 0 heterocycles. The molecule has 0 aliphatic carbocycles. The maximum Gasteiger partial charge on any atom is 0.218 e. The van der Waals surface area contributed by atoms with Crippen molar-refractivity contribution >= 4 is 27.6 Å². The maximum absolute atomic E-state index is 8.50. The molecular formula is C9H12BrN3O. The molecular weight excluding hydrogens is 246 g/mol. The minimum absolute atomic E-state index is 0.0120. The summed E-state index contributed by atoms with van der Waals surface area (Å²) >= 11 is 3.38. The number of nitrogens with two attached hydrogens (primary N) is 1. The van der Waals surface area contributed by atoms with E-state index >= 15 is 0 Å². The van der Waals surface area contributed by atoms with Crippen LogP contribution in [-0.2, 0) is 6.42 Å². The van der Waals surface area contributed by atoms with Crippen molar-refractivity contribution in [2.75, 3.05) is 0 Å². The zero-order chi connectivity index (χ0) is 10.6. The molecule has 4 N–H and O–H groups in total.